The lowest BCUT2D eigenvalue weighted by molar-refractivity contribution is -0.145. The molecule has 35 heavy (non-hydrogen) atoms. The lowest BCUT2D eigenvalue weighted by atomic mass is 10.1. The van der Waals surface area contributed by atoms with Crippen LogP contribution < -0.4 is 15.5 Å². The monoisotopic (exact) mass is 483 g/mol. The number of carbonyl (C=O) groups excluding carboxylic acids is 3. The SMILES string of the molecule is CCNCCNC(=O)CN(CC(=O)N(C)N1Cc2ccc(F)cc2C1)c1ccc(C(C)=O)cc1C. The molecule has 0 saturated heterocycles. The van der Waals surface area contributed by atoms with Gasteiger partial charge in [0, 0.05) is 44.5 Å². The summed E-state index contributed by atoms with van der Waals surface area (Å²) >= 11 is 0. The highest BCUT2D eigenvalue weighted by Gasteiger charge is 2.27. The van der Waals surface area contributed by atoms with Gasteiger partial charge in [-0.15, -0.1) is 0 Å². The van der Waals surface area contributed by atoms with Crippen molar-refractivity contribution in [2.45, 2.75) is 33.9 Å². The fourth-order valence-corrected chi connectivity index (χ4v) is 4.13. The number of Topliss-reactive ketones (excluding diaryl/α,β-unsaturated/α-hetero) is 1. The number of hydrogen-bond donors (Lipinski definition) is 2. The van der Waals surface area contributed by atoms with Crippen LogP contribution in [-0.4, -0.2) is 67.4 Å². The maximum absolute atomic E-state index is 13.6. The smallest absolute Gasteiger partial charge is 0.256 e. The molecule has 0 unspecified atom stereocenters. The minimum Gasteiger partial charge on any atom is -0.353 e. The van der Waals surface area contributed by atoms with E-state index in [0.717, 1.165) is 23.2 Å². The number of fused-ring (bicyclic) bond motifs is 1. The van der Waals surface area contributed by atoms with E-state index in [2.05, 4.69) is 10.6 Å². The number of hydrazine groups is 1. The lowest BCUT2D eigenvalue weighted by Gasteiger charge is -2.32. The van der Waals surface area contributed by atoms with Crippen molar-refractivity contribution < 1.29 is 18.8 Å². The largest absolute Gasteiger partial charge is 0.353 e. The summed E-state index contributed by atoms with van der Waals surface area (Å²) in [7, 11) is 1.69. The van der Waals surface area contributed by atoms with Gasteiger partial charge >= 0.3 is 0 Å². The number of nitrogens with one attached hydrogen (secondary N) is 2. The molecule has 0 bridgehead atoms. The zero-order valence-electron chi connectivity index (χ0n) is 20.9. The highest BCUT2D eigenvalue weighted by Crippen LogP contribution is 2.25. The molecule has 3 rings (SSSR count). The molecular formula is C26H34FN5O3. The molecular weight excluding hydrogens is 449 g/mol. The maximum Gasteiger partial charge on any atom is 0.256 e. The van der Waals surface area contributed by atoms with Crippen LogP contribution in [0.3, 0.4) is 0 Å². The van der Waals surface area contributed by atoms with E-state index in [4.69, 9.17) is 0 Å². The molecule has 0 fully saturated rings. The van der Waals surface area contributed by atoms with Crippen molar-refractivity contribution in [3.8, 4) is 0 Å². The van der Waals surface area contributed by atoms with Crippen LogP contribution in [0.2, 0.25) is 0 Å². The van der Waals surface area contributed by atoms with E-state index in [1.54, 1.807) is 36.2 Å². The molecule has 0 aromatic heterocycles. The first kappa shape index (κ1) is 26.3. The number of rotatable bonds is 11. The van der Waals surface area contributed by atoms with Gasteiger partial charge in [-0.2, -0.15) is 0 Å². The second-order valence-electron chi connectivity index (χ2n) is 8.77. The Bertz CT molecular complexity index is 1090. The van der Waals surface area contributed by atoms with Crippen LogP contribution >= 0.6 is 0 Å². The molecule has 0 saturated carbocycles. The summed E-state index contributed by atoms with van der Waals surface area (Å²) in [6, 6.07) is 9.92. The molecule has 2 aromatic carbocycles. The third kappa shape index (κ3) is 6.86. The summed E-state index contributed by atoms with van der Waals surface area (Å²) in [5, 5.41) is 9.42. The van der Waals surface area contributed by atoms with E-state index in [1.165, 1.54) is 24.1 Å². The van der Waals surface area contributed by atoms with E-state index < -0.39 is 0 Å². The fraction of sp³-hybridized carbons (Fsp3) is 0.423. The highest BCUT2D eigenvalue weighted by atomic mass is 19.1. The summed E-state index contributed by atoms with van der Waals surface area (Å²) in [4.78, 5) is 39.4. The van der Waals surface area contributed by atoms with Crippen LogP contribution in [0.1, 0.15) is 40.9 Å². The van der Waals surface area contributed by atoms with Crippen molar-refractivity contribution >= 4 is 23.3 Å². The average Bonchev–Trinajstić information content (AvgIpc) is 3.24. The minimum atomic E-state index is -0.296. The van der Waals surface area contributed by atoms with E-state index in [0.29, 0.717) is 37.4 Å². The highest BCUT2D eigenvalue weighted by molar-refractivity contribution is 5.95. The van der Waals surface area contributed by atoms with Crippen LogP contribution in [0.25, 0.3) is 0 Å². The summed E-state index contributed by atoms with van der Waals surface area (Å²) in [5.41, 5.74) is 3.94. The van der Waals surface area contributed by atoms with Crippen molar-refractivity contribution in [3.05, 3.63) is 64.5 Å². The second-order valence-corrected chi connectivity index (χ2v) is 8.77. The molecule has 0 atom stereocenters. The minimum absolute atomic E-state index is 0.00258. The molecule has 2 aromatic rings. The Kier molecular flexibility index (Phi) is 8.95. The van der Waals surface area contributed by atoms with E-state index >= 15 is 0 Å². The van der Waals surface area contributed by atoms with Crippen molar-refractivity contribution in [2.75, 3.05) is 44.7 Å². The maximum atomic E-state index is 13.6. The van der Waals surface area contributed by atoms with Gasteiger partial charge < -0.3 is 15.5 Å². The molecule has 1 aliphatic heterocycles. The number of ketones is 1. The van der Waals surface area contributed by atoms with Crippen LogP contribution in [0, 0.1) is 12.7 Å². The molecule has 0 aliphatic carbocycles. The Hall–Kier alpha value is -3.30. The third-order valence-electron chi connectivity index (χ3n) is 6.14. The Morgan fingerprint density at radius 2 is 1.77 bits per heavy atom. The van der Waals surface area contributed by atoms with Crippen LogP contribution in [0.4, 0.5) is 10.1 Å². The first-order chi connectivity index (χ1) is 16.7. The first-order valence-electron chi connectivity index (χ1n) is 11.8. The lowest BCUT2D eigenvalue weighted by Crippen LogP contribution is -2.48. The molecule has 2 N–H and O–H groups in total. The van der Waals surface area contributed by atoms with Crippen molar-refractivity contribution in [1.82, 2.24) is 20.7 Å². The average molecular weight is 484 g/mol. The predicted octanol–water partition coefficient (Wildman–Crippen LogP) is 2.26. The molecule has 2 amide bonds. The van der Waals surface area contributed by atoms with Crippen molar-refractivity contribution in [1.29, 1.82) is 0 Å². The van der Waals surface area contributed by atoms with Gasteiger partial charge in [-0.1, -0.05) is 13.0 Å². The Morgan fingerprint density at radius 3 is 2.46 bits per heavy atom. The number of nitrogens with zero attached hydrogens (tertiary/aromatic N) is 3. The molecule has 9 heteroatoms. The quantitative estimate of drug-likeness (QED) is 0.377. The zero-order chi connectivity index (χ0) is 25.5. The molecule has 0 radical (unpaired) electrons. The number of likely N-dealkylation sites (N-methyl/N-ethyl adjacent to an activating group) is 2. The van der Waals surface area contributed by atoms with Gasteiger partial charge in [0.05, 0.1) is 13.1 Å². The molecule has 1 aliphatic rings. The summed E-state index contributed by atoms with van der Waals surface area (Å²) in [5.74, 6) is -0.741. The second kappa shape index (κ2) is 11.9. The number of aryl methyl sites for hydroxylation is 1. The summed E-state index contributed by atoms with van der Waals surface area (Å²) in [6.45, 7) is 8.23. The molecule has 0 spiro atoms. The van der Waals surface area contributed by atoms with Crippen LogP contribution in [0.15, 0.2) is 36.4 Å². The molecule has 1 heterocycles. The van der Waals surface area contributed by atoms with Gasteiger partial charge in [-0.3, -0.25) is 19.4 Å². The van der Waals surface area contributed by atoms with E-state index in [1.807, 2.05) is 18.9 Å². The third-order valence-corrected chi connectivity index (χ3v) is 6.14. The first-order valence-corrected chi connectivity index (χ1v) is 11.8. The van der Waals surface area contributed by atoms with Gasteiger partial charge in [0.15, 0.2) is 5.78 Å². The number of benzene rings is 2. The standard InChI is InChI=1S/C26H34FN5O3/c1-5-28-10-11-29-25(34)16-31(24-9-7-20(19(3)33)12-18(24)2)17-26(35)30(4)32-14-21-6-8-23(27)13-22(21)15-32/h6-9,12-13,28H,5,10-11,14-17H2,1-4H3,(H,29,34). The van der Waals surface area contributed by atoms with Crippen LogP contribution in [-0.2, 0) is 22.7 Å². The molecule has 188 valence electrons. The van der Waals surface area contributed by atoms with E-state index in [-0.39, 0.29) is 36.5 Å². The summed E-state index contributed by atoms with van der Waals surface area (Å²) in [6.07, 6.45) is 0. The van der Waals surface area contributed by atoms with Gasteiger partial charge in [0.25, 0.3) is 5.91 Å². The summed E-state index contributed by atoms with van der Waals surface area (Å²) < 4.78 is 13.6. The normalized spacial score (nSPS) is 12.8. The van der Waals surface area contributed by atoms with Gasteiger partial charge in [-0.05, 0) is 67.4 Å². The zero-order valence-corrected chi connectivity index (χ0v) is 20.9. The number of carbonyl (C=O) groups is 3. The van der Waals surface area contributed by atoms with E-state index in [9.17, 15) is 18.8 Å². The Morgan fingerprint density at radius 1 is 1.03 bits per heavy atom. The van der Waals surface area contributed by atoms with Crippen LogP contribution in [0.5, 0.6) is 0 Å². The number of hydrogen-bond acceptors (Lipinski definition) is 6. The molecule has 8 nitrogen and oxygen atoms in total. The van der Waals surface area contributed by atoms with Crippen molar-refractivity contribution in [3.63, 3.8) is 0 Å². The van der Waals surface area contributed by atoms with Gasteiger partial charge in [-0.25, -0.2) is 9.40 Å². The Balaban J connectivity index is 1.73. The topological polar surface area (TPSA) is 85.0 Å². The van der Waals surface area contributed by atoms with Gasteiger partial charge in [0.1, 0.15) is 5.82 Å². The van der Waals surface area contributed by atoms with Crippen molar-refractivity contribution in [2.24, 2.45) is 0 Å². The number of amides is 2. The number of halogens is 1. The fourth-order valence-electron chi connectivity index (χ4n) is 4.13. The number of anilines is 1. The Labute approximate surface area is 206 Å². The predicted molar refractivity (Wildman–Crippen MR) is 133 cm³/mol. The van der Waals surface area contributed by atoms with Gasteiger partial charge in [0.2, 0.25) is 5.91 Å².